The van der Waals surface area contributed by atoms with E-state index < -0.39 is 0 Å². The molecule has 1 aromatic rings. The number of amides is 2. The Labute approximate surface area is 147 Å². The van der Waals surface area contributed by atoms with Crippen LogP contribution < -0.4 is 9.47 Å². The maximum atomic E-state index is 12.9. The molecule has 1 aliphatic heterocycles. The largest absolute Gasteiger partial charge is 0.493 e. The quantitative estimate of drug-likeness (QED) is 0.708. The fourth-order valence-electron chi connectivity index (χ4n) is 2.61. The number of rotatable bonds is 7. The van der Waals surface area contributed by atoms with Gasteiger partial charge in [-0.3, -0.25) is 14.5 Å². The second-order valence-corrected chi connectivity index (χ2v) is 7.10. The van der Waals surface area contributed by atoms with Gasteiger partial charge in [0.25, 0.3) is 11.8 Å². The summed E-state index contributed by atoms with van der Waals surface area (Å²) in [6.45, 7) is 6.36. The molecule has 0 unspecified atom stereocenters. The molecule has 0 bridgehead atoms. The second-order valence-electron chi connectivity index (χ2n) is 5.82. The Morgan fingerprint density at radius 2 is 1.75 bits per heavy atom. The molecule has 0 N–H and O–H groups in total. The van der Waals surface area contributed by atoms with E-state index >= 15 is 0 Å². The van der Waals surface area contributed by atoms with Gasteiger partial charge in [0.05, 0.1) is 24.7 Å². The molecular weight excluding hydrogens is 326 g/mol. The van der Waals surface area contributed by atoms with E-state index in [0.29, 0.717) is 34.1 Å². The summed E-state index contributed by atoms with van der Waals surface area (Å²) in [7, 11) is 3.11. The average molecular weight is 349 g/mol. The Bertz CT molecular complexity index is 682. The van der Waals surface area contributed by atoms with Crippen LogP contribution in [0.4, 0.5) is 0 Å². The van der Waals surface area contributed by atoms with Crippen LogP contribution in [0.5, 0.6) is 11.5 Å². The lowest BCUT2D eigenvalue weighted by molar-refractivity contribution is -0.137. The van der Waals surface area contributed by atoms with Gasteiger partial charge in [0.15, 0.2) is 11.5 Å². The lowest BCUT2D eigenvalue weighted by Gasteiger charge is -2.17. The number of nitrogens with zero attached hydrogens (tertiary/aromatic N) is 1. The maximum absolute atomic E-state index is 12.9. The molecule has 0 saturated heterocycles. The summed E-state index contributed by atoms with van der Waals surface area (Å²) in [6.07, 6.45) is 0. The maximum Gasteiger partial charge on any atom is 0.267 e. The van der Waals surface area contributed by atoms with Crippen molar-refractivity contribution in [3.05, 3.63) is 28.7 Å². The average Bonchev–Trinajstić information content (AvgIpc) is 2.79. The minimum absolute atomic E-state index is 0.203. The van der Waals surface area contributed by atoms with Gasteiger partial charge in [0.2, 0.25) is 0 Å². The normalized spacial score (nSPS) is 14.8. The monoisotopic (exact) mass is 349 g/mol. The van der Waals surface area contributed by atoms with Crippen LogP contribution in [-0.4, -0.2) is 43.2 Å². The number of thioether (sulfide) groups is 1. The van der Waals surface area contributed by atoms with E-state index in [2.05, 4.69) is 0 Å². The Kier molecular flexibility index (Phi) is 5.94. The molecule has 24 heavy (non-hydrogen) atoms. The van der Waals surface area contributed by atoms with Crippen LogP contribution in [0.3, 0.4) is 0 Å². The molecule has 1 aliphatic rings. The van der Waals surface area contributed by atoms with Crippen LogP contribution in [0.15, 0.2) is 23.1 Å². The van der Waals surface area contributed by atoms with Crippen molar-refractivity contribution in [2.45, 2.75) is 20.8 Å². The van der Waals surface area contributed by atoms with E-state index in [9.17, 15) is 9.59 Å². The third kappa shape index (κ3) is 3.43. The Hall–Kier alpha value is -1.95. The Morgan fingerprint density at radius 3 is 2.29 bits per heavy atom. The highest BCUT2D eigenvalue weighted by Crippen LogP contribution is 2.39. The number of methoxy groups -OCH3 is 2. The highest BCUT2D eigenvalue weighted by molar-refractivity contribution is 8.04. The first-order valence-electron chi connectivity index (χ1n) is 7.90. The fourth-order valence-corrected chi connectivity index (χ4v) is 3.48. The molecule has 0 radical (unpaired) electrons. The van der Waals surface area contributed by atoms with Crippen LogP contribution >= 0.6 is 11.8 Å². The predicted molar refractivity (Wildman–Crippen MR) is 96.2 cm³/mol. The van der Waals surface area contributed by atoms with Gasteiger partial charge in [0, 0.05) is 6.54 Å². The molecule has 6 heteroatoms. The molecule has 0 fully saturated rings. The van der Waals surface area contributed by atoms with Crippen LogP contribution in [0.25, 0.3) is 5.57 Å². The second kappa shape index (κ2) is 7.75. The summed E-state index contributed by atoms with van der Waals surface area (Å²) in [6, 6.07) is 5.28. The number of imide groups is 1. The van der Waals surface area contributed by atoms with Gasteiger partial charge in [-0.25, -0.2) is 0 Å². The van der Waals surface area contributed by atoms with Crippen molar-refractivity contribution in [1.82, 2.24) is 4.90 Å². The molecule has 2 rings (SSSR count). The van der Waals surface area contributed by atoms with Crippen LogP contribution in [0.2, 0.25) is 0 Å². The lowest BCUT2D eigenvalue weighted by Crippen LogP contribution is -2.34. The SMILES string of the molecule is CCSC1=C(c2ccc(OC)c(OC)c2)C(=O)N(CC(C)C)C1=O. The number of carbonyl (C=O) groups is 2. The number of hydrogen-bond acceptors (Lipinski definition) is 5. The van der Waals surface area contributed by atoms with E-state index in [0.717, 1.165) is 5.75 Å². The summed E-state index contributed by atoms with van der Waals surface area (Å²) in [5.74, 6) is 1.62. The molecule has 0 aliphatic carbocycles. The minimum Gasteiger partial charge on any atom is -0.493 e. The molecule has 0 saturated carbocycles. The van der Waals surface area contributed by atoms with Crippen molar-refractivity contribution in [3.63, 3.8) is 0 Å². The van der Waals surface area contributed by atoms with Crippen molar-refractivity contribution in [3.8, 4) is 11.5 Å². The Balaban J connectivity index is 2.51. The smallest absolute Gasteiger partial charge is 0.267 e. The van der Waals surface area contributed by atoms with E-state index in [-0.39, 0.29) is 17.7 Å². The standard InChI is InChI=1S/C18H23NO4S/c1-6-24-16-15(17(20)19(18(16)21)10-11(2)3)12-7-8-13(22-4)14(9-12)23-5/h7-9,11H,6,10H2,1-5H3. The zero-order valence-electron chi connectivity index (χ0n) is 14.7. The van der Waals surface area contributed by atoms with Crippen LogP contribution in [-0.2, 0) is 9.59 Å². The predicted octanol–water partition coefficient (Wildman–Crippen LogP) is 3.19. The fraction of sp³-hybridized carbons (Fsp3) is 0.444. The van der Waals surface area contributed by atoms with Crippen molar-refractivity contribution >= 4 is 29.1 Å². The zero-order chi connectivity index (χ0) is 17.9. The van der Waals surface area contributed by atoms with Gasteiger partial charge in [-0.15, -0.1) is 11.8 Å². The van der Waals surface area contributed by atoms with Gasteiger partial charge >= 0.3 is 0 Å². The first-order valence-corrected chi connectivity index (χ1v) is 8.88. The van der Waals surface area contributed by atoms with Gasteiger partial charge in [-0.05, 0) is 29.4 Å². The number of benzene rings is 1. The van der Waals surface area contributed by atoms with Gasteiger partial charge < -0.3 is 9.47 Å². The summed E-state index contributed by atoms with van der Waals surface area (Å²) in [4.78, 5) is 27.4. The van der Waals surface area contributed by atoms with Gasteiger partial charge in [-0.2, -0.15) is 0 Å². The van der Waals surface area contributed by atoms with E-state index in [1.54, 1.807) is 32.4 Å². The highest BCUT2D eigenvalue weighted by Gasteiger charge is 2.39. The molecule has 0 atom stereocenters. The third-order valence-electron chi connectivity index (χ3n) is 3.63. The van der Waals surface area contributed by atoms with E-state index in [1.807, 2.05) is 20.8 Å². The Morgan fingerprint density at radius 1 is 1.08 bits per heavy atom. The third-order valence-corrected chi connectivity index (χ3v) is 4.59. The van der Waals surface area contributed by atoms with Crippen molar-refractivity contribution in [2.24, 2.45) is 5.92 Å². The highest BCUT2D eigenvalue weighted by atomic mass is 32.2. The molecule has 130 valence electrons. The summed E-state index contributed by atoms with van der Waals surface area (Å²) in [5.41, 5.74) is 1.13. The number of ether oxygens (including phenoxy) is 2. The number of hydrogen-bond donors (Lipinski definition) is 0. The van der Waals surface area contributed by atoms with E-state index in [1.165, 1.54) is 16.7 Å². The zero-order valence-corrected chi connectivity index (χ0v) is 15.5. The van der Waals surface area contributed by atoms with Crippen molar-refractivity contribution < 1.29 is 19.1 Å². The molecule has 1 aromatic carbocycles. The molecule has 0 aromatic heterocycles. The van der Waals surface area contributed by atoms with Crippen molar-refractivity contribution in [2.75, 3.05) is 26.5 Å². The lowest BCUT2D eigenvalue weighted by atomic mass is 10.1. The molecule has 5 nitrogen and oxygen atoms in total. The van der Waals surface area contributed by atoms with Crippen LogP contribution in [0, 0.1) is 5.92 Å². The topological polar surface area (TPSA) is 55.8 Å². The van der Waals surface area contributed by atoms with E-state index in [4.69, 9.17) is 9.47 Å². The van der Waals surface area contributed by atoms with Crippen LogP contribution in [0.1, 0.15) is 26.3 Å². The van der Waals surface area contributed by atoms with Gasteiger partial charge in [0.1, 0.15) is 0 Å². The van der Waals surface area contributed by atoms with Crippen molar-refractivity contribution in [1.29, 1.82) is 0 Å². The first-order chi connectivity index (χ1) is 11.4. The molecule has 2 amide bonds. The number of carbonyl (C=O) groups excluding carboxylic acids is 2. The van der Waals surface area contributed by atoms with Gasteiger partial charge in [-0.1, -0.05) is 26.8 Å². The summed E-state index contributed by atoms with van der Waals surface area (Å²) in [5, 5.41) is 0. The summed E-state index contributed by atoms with van der Waals surface area (Å²) < 4.78 is 10.6. The first kappa shape index (κ1) is 18.4. The molecule has 0 spiro atoms. The molecule has 1 heterocycles. The molecular formula is C18H23NO4S. The minimum atomic E-state index is -0.239. The summed E-state index contributed by atoms with van der Waals surface area (Å²) >= 11 is 1.40.